The fraction of sp³-hybridized carbons (Fsp3) is 0.200. The molecule has 4 aromatic rings. The topological polar surface area (TPSA) is 99.3 Å². The molecule has 0 fully saturated rings. The first-order valence-corrected chi connectivity index (χ1v) is 10.4. The smallest absolute Gasteiger partial charge is 0.264 e. The predicted octanol–water partition coefficient (Wildman–Crippen LogP) is 4.14. The fourth-order valence-electron chi connectivity index (χ4n) is 3.55. The number of benzene rings is 2. The van der Waals surface area contributed by atoms with Crippen molar-refractivity contribution in [1.82, 2.24) is 14.7 Å². The van der Waals surface area contributed by atoms with Crippen LogP contribution in [0.25, 0.3) is 22.8 Å². The summed E-state index contributed by atoms with van der Waals surface area (Å²) in [5.41, 5.74) is 3.76. The lowest BCUT2D eigenvalue weighted by atomic mass is 10.1. The maximum Gasteiger partial charge on any atom is 0.264 e. The number of amides is 1. The molecule has 2 aromatic carbocycles. The van der Waals surface area contributed by atoms with Crippen LogP contribution in [-0.4, -0.2) is 27.7 Å². The number of anilines is 1. The second-order valence-electron chi connectivity index (χ2n) is 7.80. The first-order valence-electron chi connectivity index (χ1n) is 10.4. The molecule has 1 N–H and O–H groups in total. The third-order valence-electron chi connectivity index (χ3n) is 5.33. The van der Waals surface area contributed by atoms with E-state index >= 15 is 0 Å². The van der Waals surface area contributed by atoms with Gasteiger partial charge in [-0.2, -0.15) is 4.98 Å². The quantitative estimate of drug-likeness (QED) is 0.480. The zero-order chi connectivity index (χ0) is 23.5. The van der Waals surface area contributed by atoms with Crippen LogP contribution in [0.2, 0.25) is 0 Å². The van der Waals surface area contributed by atoms with Gasteiger partial charge in [0.15, 0.2) is 0 Å². The maximum atomic E-state index is 13.3. The van der Waals surface area contributed by atoms with Gasteiger partial charge in [-0.1, -0.05) is 22.9 Å². The normalized spacial score (nSPS) is 10.8. The zero-order valence-electron chi connectivity index (χ0n) is 18.9. The molecule has 0 aliphatic carbocycles. The first kappa shape index (κ1) is 22.0. The third kappa shape index (κ3) is 4.69. The minimum atomic E-state index is -0.364. The number of nitrogens with one attached hydrogen (secondary N) is 1. The molecule has 0 bridgehead atoms. The first-order chi connectivity index (χ1) is 15.9. The molecule has 4 rings (SSSR count). The average Bonchev–Trinajstić information content (AvgIpc) is 3.28. The highest BCUT2D eigenvalue weighted by Gasteiger charge is 2.20. The summed E-state index contributed by atoms with van der Waals surface area (Å²) in [7, 11) is 1.59. The van der Waals surface area contributed by atoms with E-state index in [0.29, 0.717) is 28.5 Å². The molecule has 33 heavy (non-hydrogen) atoms. The molecule has 0 radical (unpaired) electrons. The van der Waals surface area contributed by atoms with E-state index in [0.717, 1.165) is 11.1 Å². The van der Waals surface area contributed by atoms with Gasteiger partial charge in [0, 0.05) is 16.9 Å². The number of nitrogens with zero attached hydrogens (tertiary/aromatic N) is 3. The highest BCUT2D eigenvalue weighted by molar-refractivity contribution is 5.90. The minimum absolute atomic E-state index is 0.107. The summed E-state index contributed by atoms with van der Waals surface area (Å²) >= 11 is 0. The van der Waals surface area contributed by atoms with Crippen molar-refractivity contribution < 1.29 is 14.1 Å². The second kappa shape index (κ2) is 9.12. The number of aromatic nitrogens is 3. The lowest BCUT2D eigenvalue weighted by Crippen LogP contribution is -2.30. The van der Waals surface area contributed by atoms with Gasteiger partial charge in [0.25, 0.3) is 11.4 Å². The number of ether oxygens (including phenoxy) is 1. The Morgan fingerprint density at radius 3 is 2.42 bits per heavy atom. The van der Waals surface area contributed by atoms with Gasteiger partial charge in [-0.3, -0.25) is 9.59 Å². The molecule has 8 nitrogen and oxygen atoms in total. The lowest BCUT2D eigenvalue weighted by molar-refractivity contribution is -0.116. The molecule has 168 valence electrons. The molecular formula is C25H24N4O4. The van der Waals surface area contributed by atoms with Crippen molar-refractivity contribution in [3.63, 3.8) is 0 Å². The monoisotopic (exact) mass is 444 g/mol. The summed E-state index contributed by atoms with van der Waals surface area (Å²) in [6.07, 6.45) is 0. The molecule has 0 saturated heterocycles. The van der Waals surface area contributed by atoms with Gasteiger partial charge in [0.1, 0.15) is 17.9 Å². The Morgan fingerprint density at radius 1 is 1.06 bits per heavy atom. The average molecular weight is 444 g/mol. The van der Waals surface area contributed by atoms with E-state index in [9.17, 15) is 9.59 Å². The number of rotatable bonds is 6. The molecule has 0 saturated carbocycles. The van der Waals surface area contributed by atoms with E-state index in [-0.39, 0.29) is 29.5 Å². The molecule has 8 heteroatoms. The van der Waals surface area contributed by atoms with Crippen molar-refractivity contribution in [2.24, 2.45) is 0 Å². The molecule has 0 spiro atoms. The van der Waals surface area contributed by atoms with Gasteiger partial charge in [-0.25, -0.2) is 0 Å². The molecule has 2 heterocycles. The highest BCUT2D eigenvalue weighted by Crippen LogP contribution is 2.24. The van der Waals surface area contributed by atoms with Crippen LogP contribution in [0.15, 0.2) is 63.9 Å². The largest absolute Gasteiger partial charge is 0.497 e. The van der Waals surface area contributed by atoms with Gasteiger partial charge < -0.3 is 19.1 Å². The Hall–Kier alpha value is -4.20. The molecule has 0 unspecified atom stereocenters. The summed E-state index contributed by atoms with van der Waals surface area (Å²) in [5, 5.41) is 6.84. The zero-order valence-corrected chi connectivity index (χ0v) is 18.9. The van der Waals surface area contributed by atoms with Crippen molar-refractivity contribution in [1.29, 1.82) is 0 Å². The van der Waals surface area contributed by atoms with Gasteiger partial charge in [0.2, 0.25) is 11.7 Å². The van der Waals surface area contributed by atoms with Crippen LogP contribution in [0.4, 0.5) is 5.69 Å². The van der Waals surface area contributed by atoms with E-state index in [1.54, 1.807) is 33.1 Å². The summed E-state index contributed by atoms with van der Waals surface area (Å²) < 4.78 is 12.0. The van der Waals surface area contributed by atoms with Crippen LogP contribution in [-0.2, 0) is 11.3 Å². The summed E-state index contributed by atoms with van der Waals surface area (Å²) in [4.78, 5) is 30.3. The van der Waals surface area contributed by atoms with Crippen LogP contribution < -0.4 is 15.6 Å². The van der Waals surface area contributed by atoms with Crippen LogP contribution in [0.3, 0.4) is 0 Å². The van der Waals surface area contributed by atoms with Crippen molar-refractivity contribution in [2.45, 2.75) is 27.3 Å². The van der Waals surface area contributed by atoms with Crippen molar-refractivity contribution >= 4 is 11.6 Å². The van der Waals surface area contributed by atoms with Crippen molar-refractivity contribution in [3.05, 3.63) is 81.8 Å². The predicted molar refractivity (Wildman–Crippen MR) is 125 cm³/mol. The third-order valence-corrected chi connectivity index (χ3v) is 5.33. The molecule has 2 aromatic heterocycles. The molecule has 0 aliphatic rings. The lowest BCUT2D eigenvalue weighted by Gasteiger charge is -2.13. The maximum absolute atomic E-state index is 13.3. The Balaban J connectivity index is 1.63. The van der Waals surface area contributed by atoms with E-state index in [1.807, 2.05) is 49.4 Å². The number of methoxy groups -OCH3 is 1. The number of aryl methyl sites for hydroxylation is 3. The number of pyridine rings is 1. The van der Waals surface area contributed by atoms with E-state index in [1.165, 1.54) is 4.57 Å². The number of carbonyl (C=O) groups excluding carboxylic acids is 1. The van der Waals surface area contributed by atoms with Gasteiger partial charge in [-0.05, 0) is 68.8 Å². The van der Waals surface area contributed by atoms with Crippen molar-refractivity contribution in [3.8, 4) is 28.6 Å². The van der Waals surface area contributed by atoms with E-state index in [2.05, 4.69) is 15.5 Å². The Kier molecular flexibility index (Phi) is 6.08. The minimum Gasteiger partial charge on any atom is -0.497 e. The Morgan fingerprint density at radius 2 is 1.76 bits per heavy atom. The highest BCUT2D eigenvalue weighted by atomic mass is 16.5. The Labute approximate surface area is 190 Å². The van der Waals surface area contributed by atoms with Crippen molar-refractivity contribution in [2.75, 3.05) is 12.4 Å². The van der Waals surface area contributed by atoms with E-state index < -0.39 is 0 Å². The standard InChI is InChI=1S/C25H24N4O4/c1-15-5-9-19(10-6-15)26-21(30)14-29-17(3)13-16(2)22(25(29)31)24-27-23(28-33-24)18-7-11-20(32-4)12-8-18/h5-13H,14H2,1-4H3,(H,26,30). The van der Waals surface area contributed by atoms with Crippen LogP contribution in [0.1, 0.15) is 16.8 Å². The van der Waals surface area contributed by atoms with Gasteiger partial charge >= 0.3 is 0 Å². The van der Waals surface area contributed by atoms with Crippen LogP contribution in [0, 0.1) is 20.8 Å². The van der Waals surface area contributed by atoms with Gasteiger partial charge in [-0.15, -0.1) is 0 Å². The number of carbonyl (C=O) groups is 1. The van der Waals surface area contributed by atoms with Crippen LogP contribution in [0.5, 0.6) is 5.75 Å². The van der Waals surface area contributed by atoms with E-state index in [4.69, 9.17) is 9.26 Å². The second-order valence-corrected chi connectivity index (χ2v) is 7.80. The molecule has 1 amide bonds. The summed E-state index contributed by atoms with van der Waals surface area (Å²) in [6, 6.07) is 16.5. The fourth-order valence-corrected chi connectivity index (χ4v) is 3.55. The van der Waals surface area contributed by atoms with Crippen LogP contribution >= 0.6 is 0 Å². The molecular weight excluding hydrogens is 420 g/mol. The SMILES string of the molecule is COc1ccc(-c2noc(-c3c(C)cc(C)n(CC(=O)Nc4ccc(C)cc4)c3=O)n2)cc1. The number of hydrogen-bond donors (Lipinski definition) is 1. The summed E-state index contributed by atoms with van der Waals surface area (Å²) in [6.45, 7) is 5.43. The summed E-state index contributed by atoms with van der Waals surface area (Å²) in [5.74, 6) is 0.874. The number of hydrogen-bond acceptors (Lipinski definition) is 6. The van der Waals surface area contributed by atoms with Gasteiger partial charge in [0.05, 0.1) is 7.11 Å². The molecule has 0 aliphatic heterocycles. The molecule has 0 atom stereocenters. The Bertz CT molecular complexity index is 1350.